The Kier molecular flexibility index (Phi) is 5.77. The smallest absolute Gasteiger partial charge is 0.410 e. The maximum absolute atomic E-state index is 14.3. The summed E-state index contributed by atoms with van der Waals surface area (Å²) < 4.78 is 5.63. The third kappa shape index (κ3) is 3.81. The fourth-order valence-electron chi connectivity index (χ4n) is 7.37. The number of fused-ring (bicyclic) bond motifs is 3. The second-order valence-electron chi connectivity index (χ2n) is 11.0. The van der Waals surface area contributed by atoms with Crippen LogP contribution in [-0.4, -0.2) is 41.2 Å². The normalized spacial score (nSPS) is 31.7. The summed E-state index contributed by atoms with van der Waals surface area (Å²) in [7, 11) is 0. The van der Waals surface area contributed by atoms with Gasteiger partial charge < -0.3 is 15.8 Å². The van der Waals surface area contributed by atoms with Crippen LogP contribution in [0.3, 0.4) is 0 Å². The Bertz CT molecular complexity index is 1260. The molecule has 2 saturated carbocycles. The summed E-state index contributed by atoms with van der Waals surface area (Å²) in [6.07, 6.45) is 2.72. The summed E-state index contributed by atoms with van der Waals surface area (Å²) in [5.74, 6) is -2.17. The van der Waals surface area contributed by atoms with Crippen molar-refractivity contribution < 1.29 is 23.9 Å². The fraction of sp³-hybridized carbons (Fsp3) is 0.448. The first-order chi connectivity index (χ1) is 17.9. The van der Waals surface area contributed by atoms with Crippen molar-refractivity contribution in [2.24, 2.45) is 29.4 Å². The van der Waals surface area contributed by atoms with Gasteiger partial charge >= 0.3 is 6.09 Å². The van der Waals surface area contributed by atoms with Crippen LogP contribution in [0, 0.1) is 23.7 Å². The van der Waals surface area contributed by atoms with Gasteiger partial charge in [0.05, 0.1) is 11.5 Å². The second kappa shape index (κ2) is 9.01. The van der Waals surface area contributed by atoms with Crippen molar-refractivity contribution in [3.8, 4) is 0 Å². The molecule has 1 saturated heterocycles. The third-order valence-corrected chi connectivity index (χ3v) is 9.10. The minimum Gasteiger partial charge on any atom is -0.445 e. The van der Waals surface area contributed by atoms with Gasteiger partial charge in [-0.15, -0.1) is 0 Å². The molecule has 1 spiro atoms. The van der Waals surface area contributed by atoms with Gasteiger partial charge in [0.1, 0.15) is 6.61 Å². The number of carbonyl (C=O) groups excluding carboxylic acids is 4. The van der Waals surface area contributed by atoms with Crippen molar-refractivity contribution in [2.45, 2.75) is 50.2 Å². The molecule has 6 atom stereocenters. The van der Waals surface area contributed by atoms with Crippen LogP contribution in [0.2, 0.25) is 0 Å². The van der Waals surface area contributed by atoms with Crippen LogP contribution in [0.4, 0.5) is 10.5 Å². The van der Waals surface area contributed by atoms with E-state index in [1.165, 1.54) is 0 Å². The SMILES string of the molecule is NC(=O)[C@@H]1C[C@@]2(CC1C(=O)[C@@H]1[C@H]3CCC[C@H]3CN1C(=O)OCc1ccccc1)C(=O)Nc1ccccc12. The van der Waals surface area contributed by atoms with Crippen molar-refractivity contribution >= 4 is 29.4 Å². The molecule has 3 fully saturated rings. The average molecular weight is 502 g/mol. The number of para-hydroxylation sites is 1. The highest BCUT2D eigenvalue weighted by molar-refractivity contribution is 6.08. The zero-order valence-corrected chi connectivity index (χ0v) is 20.6. The summed E-state index contributed by atoms with van der Waals surface area (Å²) in [5.41, 5.74) is 7.25. The molecule has 4 aliphatic rings. The van der Waals surface area contributed by atoms with Gasteiger partial charge in [-0.25, -0.2) is 4.79 Å². The Hall–Kier alpha value is -3.68. The lowest BCUT2D eigenvalue weighted by atomic mass is 9.78. The Labute approximate surface area is 215 Å². The molecule has 2 aromatic rings. The number of hydrogen-bond donors (Lipinski definition) is 2. The summed E-state index contributed by atoms with van der Waals surface area (Å²) in [5, 5.41) is 2.93. The van der Waals surface area contributed by atoms with Gasteiger partial charge in [-0.2, -0.15) is 0 Å². The van der Waals surface area contributed by atoms with Crippen LogP contribution in [0.1, 0.15) is 43.2 Å². The first-order valence-corrected chi connectivity index (χ1v) is 13.1. The van der Waals surface area contributed by atoms with Gasteiger partial charge in [-0.1, -0.05) is 55.0 Å². The Morgan fingerprint density at radius 3 is 2.51 bits per heavy atom. The summed E-state index contributed by atoms with van der Waals surface area (Å²) in [6, 6.07) is 16.2. The first-order valence-electron chi connectivity index (χ1n) is 13.1. The highest BCUT2D eigenvalue weighted by Gasteiger charge is 2.61. The standard InChI is InChI=1S/C29H31N3O5/c30-26(34)21-14-29(22-11-4-5-12-23(22)31-27(29)35)13-20(21)25(33)24-19-10-6-9-18(19)15-32(24)28(36)37-16-17-7-2-1-3-8-17/h1-5,7-8,11-12,18-21,24H,6,9-10,13-16H2,(H2,30,34)(H,31,35)/t18-,19-,20?,21+,24-,29+/m0/s1. The molecule has 2 aliphatic heterocycles. The predicted molar refractivity (Wildman–Crippen MR) is 135 cm³/mol. The molecule has 0 bridgehead atoms. The van der Waals surface area contributed by atoms with E-state index in [-0.39, 0.29) is 43.0 Å². The van der Waals surface area contributed by atoms with Crippen molar-refractivity contribution in [1.29, 1.82) is 0 Å². The van der Waals surface area contributed by atoms with E-state index in [4.69, 9.17) is 10.5 Å². The lowest BCUT2D eigenvalue weighted by molar-refractivity contribution is -0.134. The number of ketones is 1. The number of amides is 3. The number of nitrogens with zero attached hydrogens (tertiary/aromatic N) is 1. The molecule has 6 rings (SSSR count). The molecule has 8 nitrogen and oxygen atoms in total. The summed E-state index contributed by atoms with van der Waals surface area (Å²) in [4.78, 5) is 54.9. The number of nitrogens with two attached hydrogens (primary N) is 1. The highest BCUT2D eigenvalue weighted by atomic mass is 16.6. The Balaban J connectivity index is 1.28. The van der Waals surface area contributed by atoms with E-state index in [0.717, 1.165) is 30.4 Å². The van der Waals surface area contributed by atoms with E-state index in [0.29, 0.717) is 12.2 Å². The zero-order chi connectivity index (χ0) is 25.7. The fourth-order valence-corrected chi connectivity index (χ4v) is 7.37. The number of nitrogens with one attached hydrogen (secondary N) is 1. The number of rotatable bonds is 5. The minimum atomic E-state index is -0.969. The van der Waals surface area contributed by atoms with Crippen LogP contribution in [0.15, 0.2) is 54.6 Å². The van der Waals surface area contributed by atoms with Gasteiger partial charge in [0.2, 0.25) is 11.8 Å². The molecule has 2 aromatic carbocycles. The van der Waals surface area contributed by atoms with Crippen LogP contribution in [-0.2, 0) is 31.1 Å². The predicted octanol–water partition coefficient (Wildman–Crippen LogP) is 3.39. The molecule has 0 aromatic heterocycles. The van der Waals surface area contributed by atoms with Crippen molar-refractivity contribution in [1.82, 2.24) is 4.90 Å². The number of anilines is 1. The highest BCUT2D eigenvalue weighted by Crippen LogP contribution is 2.55. The van der Waals surface area contributed by atoms with Crippen LogP contribution in [0.5, 0.6) is 0 Å². The van der Waals surface area contributed by atoms with Gasteiger partial charge in [-0.05, 0) is 54.7 Å². The van der Waals surface area contributed by atoms with Gasteiger partial charge in [0.25, 0.3) is 0 Å². The number of carbonyl (C=O) groups is 4. The topological polar surface area (TPSA) is 119 Å². The first kappa shape index (κ1) is 23.7. The molecular formula is C29H31N3O5. The van der Waals surface area contributed by atoms with Crippen LogP contribution < -0.4 is 11.1 Å². The second-order valence-corrected chi connectivity index (χ2v) is 11.0. The number of benzene rings is 2. The number of primary amides is 1. The number of ether oxygens (including phenoxy) is 1. The summed E-state index contributed by atoms with van der Waals surface area (Å²) >= 11 is 0. The van der Waals surface area contributed by atoms with E-state index in [9.17, 15) is 19.2 Å². The molecule has 8 heteroatoms. The Morgan fingerprint density at radius 1 is 1.00 bits per heavy atom. The minimum absolute atomic E-state index is 0.0338. The molecule has 2 heterocycles. The van der Waals surface area contributed by atoms with E-state index in [1.54, 1.807) is 4.90 Å². The monoisotopic (exact) mass is 501 g/mol. The van der Waals surface area contributed by atoms with E-state index >= 15 is 0 Å². The molecule has 3 N–H and O–H groups in total. The zero-order valence-electron chi connectivity index (χ0n) is 20.6. The quantitative estimate of drug-likeness (QED) is 0.651. The van der Waals surface area contributed by atoms with Crippen molar-refractivity contribution in [2.75, 3.05) is 11.9 Å². The average Bonchev–Trinajstić information content (AvgIpc) is 3.66. The molecule has 1 unspecified atom stereocenters. The number of likely N-dealkylation sites (tertiary alicyclic amines) is 1. The number of Topliss-reactive ketones (excluding diaryl/α,β-unsaturated/α-hetero) is 1. The lowest BCUT2D eigenvalue weighted by Gasteiger charge is -2.30. The van der Waals surface area contributed by atoms with Crippen molar-refractivity contribution in [3.63, 3.8) is 0 Å². The maximum atomic E-state index is 14.3. The van der Waals surface area contributed by atoms with Crippen LogP contribution in [0.25, 0.3) is 0 Å². The molecule has 0 radical (unpaired) electrons. The molecule has 2 aliphatic carbocycles. The lowest BCUT2D eigenvalue weighted by Crippen LogP contribution is -2.47. The van der Waals surface area contributed by atoms with E-state index in [1.807, 2.05) is 54.6 Å². The van der Waals surface area contributed by atoms with Crippen LogP contribution >= 0.6 is 0 Å². The van der Waals surface area contributed by atoms with Gasteiger partial charge in [0.15, 0.2) is 5.78 Å². The van der Waals surface area contributed by atoms with Gasteiger partial charge in [0, 0.05) is 24.1 Å². The van der Waals surface area contributed by atoms with E-state index in [2.05, 4.69) is 5.32 Å². The van der Waals surface area contributed by atoms with Crippen molar-refractivity contribution in [3.05, 3.63) is 65.7 Å². The third-order valence-electron chi connectivity index (χ3n) is 9.10. The maximum Gasteiger partial charge on any atom is 0.410 e. The molecule has 37 heavy (non-hydrogen) atoms. The van der Waals surface area contributed by atoms with E-state index < -0.39 is 35.3 Å². The summed E-state index contributed by atoms with van der Waals surface area (Å²) in [6.45, 7) is 0.594. The number of hydrogen-bond acceptors (Lipinski definition) is 5. The molecule has 192 valence electrons. The molecular weight excluding hydrogens is 470 g/mol. The largest absolute Gasteiger partial charge is 0.445 e. The van der Waals surface area contributed by atoms with Gasteiger partial charge in [-0.3, -0.25) is 19.3 Å². The Morgan fingerprint density at radius 2 is 1.73 bits per heavy atom. The molecule has 3 amide bonds.